The molecule has 0 bridgehead atoms. The number of imidazole rings is 1. The Balaban J connectivity index is 1.93. The van der Waals surface area contributed by atoms with Gasteiger partial charge in [0, 0.05) is 13.2 Å². The van der Waals surface area contributed by atoms with Crippen molar-refractivity contribution in [3.63, 3.8) is 0 Å². The normalized spacial score (nSPS) is 11.5. The van der Waals surface area contributed by atoms with E-state index in [4.69, 9.17) is 11.6 Å². The molecule has 0 aliphatic carbocycles. The molecule has 1 aromatic carbocycles. The molecule has 2 aromatic heterocycles. The Labute approximate surface area is 156 Å². The predicted octanol–water partition coefficient (Wildman–Crippen LogP) is 3.20. The average Bonchev–Trinajstić information content (AvgIpc) is 3.14. The lowest BCUT2D eigenvalue weighted by atomic mass is 10.2. The van der Waals surface area contributed by atoms with Crippen molar-refractivity contribution < 1.29 is 22.0 Å². The van der Waals surface area contributed by atoms with Crippen LogP contribution in [-0.4, -0.2) is 23.9 Å². The molecule has 3 aromatic rings. The third-order valence-corrected chi connectivity index (χ3v) is 6.39. The van der Waals surface area contributed by atoms with Crippen molar-refractivity contribution in [2.24, 2.45) is 7.05 Å². The van der Waals surface area contributed by atoms with Crippen LogP contribution in [-0.2, 0) is 17.1 Å². The first-order valence-electron chi connectivity index (χ1n) is 6.99. The second-order valence-electron chi connectivity index (χ2n) is 5.15. The van der Waals surface area contributed by atoms with Crippen LogP contribution < -0.4 is 4.72 Å². The third kappa shape index (κ3) is 3.48. The predicted molar refractivity (Wildman–Crippen MR) is 92.5 cm³/mol. The van der Waals surface area contributed by atoms with E-state index >= 15 is 0 Å². The summed E-state index contributed by atoms with van der Waals surface area (Å²) in [6.07, 6.45) is 1.17. The first-order chi connectivity index (χ1) is 12.2. The number of nitrogens with zero attached hydrogens (tertiary/aromatic N) is 2. The van der Waals surface area contributed by atoms with Crippen molar-refractivity contribution in [3.05, 3.63) is 58.2 Å². The van der Waals surface area contributed by atoms with E-state index in [-0.39, 0.29) is 20.1 Å². The lowest BCUT2D eigenvalue weighted by Crippen LogP contribution is -2.30. The fourth-order valence-corrected chi connectivity index (χ4v) is 4.63. The molecule has 0 saturated heterocycles. The number of carbonyl (C=O) groups is 1. The van der Waals surface area contributed by atoms with Crippen molar-refractivity contribution >= 4 is 38.9 Å². The average molecular weight is 418 g/mol. The third-order valence-electron chi connectivity index (χ3n) is 3.34. The summed E-state index contributed by atoms with van der Waals surface area (Å²) in [5, 5.41) is 0. The van der Waals surface area contributed by atoms with Gasteiger partial charge in [0.1, 0.15) is 27.4 Å². The van der Waals surface area contributed by atoms with Crippen molar-refractivity contribution in [3.8, 4) is 11.4 Å². The van der Waals surface area contributed by atoms with Crippen molar-refractivity contribution in [1.82, 2.24) is 14.3 Å². The molecule has 0 fully saturated rings. The lowest BCUT2D eigenvalue weighted by molar-refractivity contribution is 0.0977. The molecular formula is C15H10ClF2N3O3S2. The summed E-state index contributed by atoms with van der Waals surface area (Å²) in [5.41, 5.74) is -0.724. The monoisotopic (exact) mass is 417 g/mol. The largest absolute Gasteiger partial charge is 0.333 e. The van der Waals surface area contributed by atoms with Gasteiger partial charge >= 0.3 is 0 Å². The zero-order valence-electron chi connectivity index (χ0n) is 13.0. The van der Waals surface area contributed by atoms with E-state index in [1.165, 1.54) is 36.0 Å². The maximum Gasteiger partial charge on any atom is 0.285 e. The Morgan fingerprint density at radius 2 is 1.88 bits per heavy atom. The van der Waals surface area contributed by atoms with Crippen LogP contribution >= 0.6 is 22.9 Å². The second-order valence-corrected chi connectivity index (χ2v) is 8.77. The van der Waals surface area contributed by atoms with Gasteiger partial charge in [0.05, 0.1) is 9.90 Å². The zero-order valence-corrected chi connectivity index (χ0v) is 15.4. The van der Waals surface area contributed by atoms with Gasteiger partial charge in [-0.05, 0) is 24.3 Å². The SMILES string of the molecule is Cn1cc(C(=O)NS(=O)(=O)c2ccc(Cl)s2)nc1-c1c(F)cccc1F. The molecule has 0 aliphatic rings. The van der Waals surface area contributed by atoms with Gasteiger partial charge in [-0.15, -0.1) is 11.3 Å². The maximum absolute atomic E-state index is 13.9. The van der Waals surface area contributed by atoms with E-state index < -0.39 is 33.1 Å². The molecule has 3 rings (SSSR count). The van der Waals surface area contributed by atoms with Crippen LogP contribution in [0.4, 0.5) is 8.78 Å². The molecule has 136 valence electrons. The number of aryl methyl sites for hydroxylation is 1. The van der Waals surface area contributed by atoms with Crippen LogP contribution in [0, 0.1) is 11.6 Å². The Bertz CT molecular complexity index is 1090. The smallest absolute Gasteiger partial charge is 0.285 e. The first-order valence-corrected chi connectivity index (χ1v) is 9.67. The first kappa shape index (κ1) is 18.5. The van der Waals surface area contributed by atoms with Gasteiger partial charge in [-0.3, -0.25) is 4.79 Å². The fraction of sp³-hybridized carbons (Fsp3) is 0.0667. The molecule has 1 amide bonds. The number of nitrogens with one attached hydrogen (secondary N) is 1. The standard InChI is InChI=1S/C15H10ClF2N3O3S2/c1-21-7-10(19-14(21)13-8(17)3-2-4-9(13)18)15(22)20-26(23,24)12-6-5-11(16)25-12/h2-7H,1H3,(H,20,22). The number of halogens is 3. The number of hydrogen-bond acceptors (Lipinski definition) is 5. The summed E-state index contributed by atoms with van der Waals surface area (Å²) in [6, 6.07) is 5.94. The molecule has 26 heavy (non-hydrogen) atoms. The summed E-state index contributed by atoms with van der Waals surface area (Å²) >= 11 is 6.48. The second kappa shape index (κ2) is 6.78. The van der Waals surface area contributed by atoms with Gasteiger partial charge in [-0.1, -0.05) is 17.7 Å². The van der Waals surface area contributed by atoms with Gasteiger partial charge in [0.2, 0.25) is 0 Å². The highest BCUT2D eigenvalue weighted by atomic mass is 35.5. The zero-order chi connectivity index (χ0) is 19.1. The Morgan fingerprint density at radius 1 is 1.23 bits per heavy atom. The van der Waals surface area contributed by atoms with Gasteiger partial charge in [0.15, 0.2) is 0 Å². The van der Waals surface area contributed by atoms with Gasteiger partial charge in [-0.25, -0.2) is 26.9 Å². The summed E-state index contributed by atoms with van der Waals surface area (Å²) in [6.45, 7) is 0. The number of amides is 1. The molecule has 0 radical (unpaired) electrons. The van der Waals surface area contributed by atoms with E-state index in [1.54, 1.807) is 0 Å². The lowest BCUT2D eigenvalue weighted by Gasteiger charge is -2.04. The number of aromatic nitrogens is 2. The van der Waals surface area contributed by atoms with Crippen molar-refractivity contribution in [1.29, 1.82) is 0 Å². The molecule has 0 aliphatic heterocycles. The van der Waals surface area contributed by atoms with E-state index in [1.807, 2.05) is 4.72 Å². The van der Waals surface area contributed by atoms with E-state index in [0.29, 0.717) is 0 Å². The molecule has 11 heteroatoms. The number of carbonyl (C=O) groups excluding carboxylic acids is 1. The molecule has 0 unspecified atom stereocenters. The highest BCUT2D eigenvalue weighted by molar-refractivity contribution is 7.92. The van der Waals surface area contributed by atoms with Crippen LogP contribution in [0.15, 0.2) is 40.7 Å². The highest BCUT2D eigenvalue weighted by Gasteiger charge is 2.24. The number of rotatable bonds is 4. The van der Waals surface area contributed by atoms with Crippen LogP contribution in [0.3, 0.4) is 0 Å². The number of thiophene rings is 1. The summed E-state index contributed by atoms with van der Waals surface area (Å²) in [7, 11) is -2.71. The summed E-state index contributed by atoms with van der Waals surface area (Å²) in [4.78, 5) is 16.1. The molecule has 6 nitrogen and oxygen atoms in total. The molecule has 2 heterocycles. The molecule has 1 N–H and O–H groups in total. The Hall–Kier alpha value is -2.30. The quantitative estimate of drug-likeness (QED) is 0.706. The Morgan fingerprint density at radius 3 is 2.46 bits per heavy atom. The van der Waals surface area contributed by atoms with Crippen LogP contribution in [0.2, 0.25) is 4.34 Å². The fourth-order valence-electron chi connectivity index (χ4n) is 2.19. The topological polar surface area (TPSA) is 81.1 Å². The number of benzene rings is 1. The minimum atomic E-state index is -4.13. The molecule has 0 atom stereocenters. The van der Waals surface area contributed by atoms with Crippen molar-refractivity contribution in [2.75, 3.05) is 0 Å². The van der Waals surface area contributed by atoms with E-state index in [2.05, 4.69) is 4.98 Å². The maximum atomic E-state index is 13.9. The molecule has 0 spiro atoms. The molecule has 0 saturated carbocycles. The minimum absolute atomic E-state index is 0.146. The van der Waals surface area contributed by atoms with Crippen LogP contribution in [0.25, 0.3) is 11.4 Å². The van der Waals surface area contributed by atoms with E-state index in [9.17, 15) is 22.0 Å². The number of hydrogen-bond donors (Lipinski definition) is 1. The van der Waals surface area contributed by atoms with Crippen LogP contribution in [0.5, 0.6) is 0 Å². The van der Waals surface area contributed by atoms with Crippen molar-refractivity contribution in [2.45, 2.75) is 4.21 Å². The summed E-state index contributed by atoms with van der Waals surface area (Å²) < 4.78 is 55.3. The van der Waals surface area contributed by atoms with Crippen LogP contribution in [0.1, 0.15) is 10.5 Å². The number of sulfonamides is 1. The minimum Gasteiger partial charge on any atom is -0.333 e. The van der Waals surface area contributed by atoms with Gasteiger partial charge in [0.25, 0.3) is 15.9 Å². The van der Waals surface area contributed by atoms with Gasteiger partial charge in [-0.2, -0.15) is 0 Å². The van der Waals surface area contributed by atoms with E-state index in [0.717, 1.165) is 23.5 Å². The van der Waals surface area contributed by atoms with Gasteiger partial charge < -0.3 is 4.57 Å². The molecular weight excluding hydrogens is 408 g/mol. The summed E-state index contributed by atoms with van der Waals surface area (Å²) in [5.74, 6) is -2.89. The highest BCUT2D eigenvalue weighted by Crippen LogP contribution is 2.27. The Kier molecular flexibility index (Phi) is 4.82.